The molecule has 0 aliphatic carbocycles. The summed E-state index contributed by atoms with van der Waals surface area (Å²) in [4.78, 5) is 3.86. The maximum Gasteiger partial charge on any atom is 0.136 e. The minimum absolute atomic E-state index is 0.00823. The molecule has 2 N–H and O–H groups in total. The van der Waals surface area contributed by atoms with Crippen LogP contribution in [0.3, 0.4) is 0 Å². The van der Waals surface area contributed by atoms with E-state index in [2.05, 4.69) is 4.98 Å². The van der Waals surface area contributed by atoms with Gasteiger partial charge in [0.1, 0.15) is 22.3 Å². The van der Waals surface area contributed by atoms with Crippen molar-refractivity contribution in [1.82, 2.24) is 4.98 Å². The minimum Gasteiger partial charge on any atom is -0.388 e. The quantitative estimate of drug-likeness (QED) is 0.754. The average Bonchev–Trinajstić information content (AvgIpc) is 2.16. The predicted molar refractivity (Wildman–Crippen MR) is 57.5 cm³/mol. The lowest BCUT2D eigenvalue weighted by Gasteiger charge is -2.04. The van der Waals surface area contributed by atoms with E-state index in [4.69, 9.17) is 18.0 Å². The van der Waals surface area contributed by atoms with E-state index in [9.17, 15) is 8.78 Å². The monoisotopic (exact) mass is 224 g/mol. The fraction of sp³-hybridized carbons (Fsp3) is 0. The number of pyridine rings is 1. The summed E-state index contributed by atoms with van der Waals surface area (Å²) in [7, 11) is 0. The zero-order valence-electron chi connectivity index (χ0n) is 7.50. The summed E-state index contributed by atoms with van der Waals surface area (Å²) in [5, 5.41) is 0.553. The number of benzene rings is 1. The van der Waals surface area contributed by atoms with Crippen LogP contribution >= 0.6 is 12.2 Å². The molecular weight excluding hydrogens is 218 g/mol. The molecule has 0 spiro atoms. The summed E-state index contributed by atoms with van der Waals surface area (Å²) in [6.07, 6.45) is 1.41. The molecule has 76 valence electrons. The zero-order valence-corrected chi connectivity index (χ0v) is 8.31. The highest BCUT2D eigenvalue weighted by Gasteiger charge is 2.11. The Morgan fingerprint density at radius 2 is 2.07 bits per heavy atom. The van der Waals surface area contributed by atoms with Gasteiger partial charge in [-0.1, -0.05) is 12.2 Å². The maximum atomic E-state index is 13.5. The van der Waals surface area contributed by atoms with Crippen LogP contribution in [0.4, 0.5) is 8.78 Å². The van der Waals surface area contributed by atoms with Crippen molar-refractivity contribution in [2.45, 2.75) is 0 Å². The van der Waals surface area contributed by atoms with E-state index >= 15 is 0 Å². The Kier molecular flexibility index (Phi) is 2.32. The Morgan fingerprint density at radius 3 is 2.73 bits per heavy atom. The van der Waals surface area contributed by atoms with Gasteiger partial charge in [-0.15, -0.1) is 0 Å². The molecule has 0 unspecified atom stereocenters. The number of nitrogens with zero attached hydrogens (tertiary/aromatic N) is 1. The van der Waals surface area contributed by atoms with Gasteiger partial charge in [0.05, 0.1) is 0 Å². The highest BCUT2D eigenvalue weighted by Crippen LogP contribution is 2.21. The lowest BCUT2D eigenvalue weighted by atomic mass is 10.1. The lowest BCUT2D eigenvalue weighted by molar-refractivity contribution is 0.592. The van der Waals surface area contributed by atoms with Crippen LogP contribution in [0.5, 0.6) is 0 Å². The third kappa shape index (κ3) is 1.66. The molecule has 1 heterocycles. The van der Waals surface area contributed by atoms with Gasteiger partial charge >= 0.3 is 0 Å². The second kappa shape index (κ2) is 3.51. The van der Waals surface area contributed by atoms with Gasteiger partial charge in [-0.05, 0) is 17.5 Å². The molecule has 2 nitrogen and oxygen atoms in total. The van der Waals surface area contributed by atoms with E-state index in [0.717, 1.165) is 6.07 Å². The first-order valence-corrected chi connectivity index (χ1v) is 4.54. The Morgan fingerprint density at radius 1 is 1.33 bits per heavy atom. The van der Waals surface area contributed by atoms with E-state index in [1.807, 2.05) is 0 Å². The molecule has 0 aliphatic heterocycles. The number of fused-ring (bicyclic) bond motifs is 1. The second-order valence-corrected chi connectivity index (χ2v) is 3.45. The summed E-state index contributed by atoms with van der Waals surface area (Å²) >= 11 is 4.74. The fourth-order valence-electron chi connectivity index (χ4n) is 1.42. The van der Waals surface area contributed by atoms with Crippen molar-refractivity contribution in [1.29, 1.82) is 0 Å². The molecule has 0 bridgehead atoms. The number of hydrogen-bond donors (Lipinski definition) is 1. The minimum atomic E-state index is -0.707. The average molecular weight is 224 g/mol. The first-order valence-electron chi connectivity index (χ1n) is 4.13. The van der Waals surface area contributed by atoms with Crippen molar-refractivity contribution in [2.24, 2.45) is 5.73 Å². The normalized spacial score (nSPS) is 10.5. The number of aromatic nitrogens is 1. The number of rotatable bonds is 1. The molecule has 0 amide bonds. The summed E-state index contributed by atoms with van der Waals surface area (Å²) in [5.41, 5.74) is 5.58. The largest absolute Gasteiger partial charge is 0.388 e. The zero-order chi connectivity index (χ0) is 11.0. The van der Waals surface area contributed by atoms with Crippen molar-refractivity contribution in [3.05, 3.63) is 41.7 Å². The molecule has 0 atom stereocenters. The summed E-state index contributed by atoms with van der Waals surface area (Å²) in [6, 6.07) is 3.50. The summed E-state index contributed by atoms with van der Waals surface area (Å²) in [5.74, 6) is -1.35. The van der Waals surface area contributed by atoms with Crippen LogP contribution in [-0.2, 0) is 0 Å². The van der Waals surface area contributed by atoms with E-state index in [0.29, 0.717) is 5.39 Å². The van der Waals surface area contributed by atoms with Crippen molar-refractivity contribution in [2.75, 3.05) is 0 Å². The Hall–Kier alpha value is -1.62. The molecule has 0 saturated carbocycles. The lowest BCUT2D eigenvalue weighted by Crippen LogP contribution is -2.12. The van der Waals surface area contributed by atoms with E-state index in [1.54, 1.807) is 0 Å². The Balaban J connectivity index is 2.91. The van der Waals surface area contributed by atoms with Gasteiger partial charge in [-0.3, -0.25) is 4.98 Å². The molecule has 0 radical (unpaired) electrons. The van der Waals surface area contributed by atoms with E-state index in [1.165, 1.54) is 18.3 Å². The van der Waals surface area contributed by atoms with Gasteiger partial charge in [0.15, 0.2) is 0 Å². The summed E-state index contributed by atoms with van der Waals surface area (Å²) in [6.45, 7) is 0. The number of thiocarbonyl (C=S) groups is 1. The smallest absolute Gasteiger partial charge is 0.136 e. The van der Waals surface area contributed by atoms with Crippen LogP contribution in [0.2, 0.25) is 0 Å². The molecule has 0 aliphatic rings. The third-order valence-corrected chi connectivity index (χ3v) is 2.21. The van der Waals surface area contributed by atoms with Gasteiger partial charge in [0.2, 0.25) is 0 Å². The van der Waals surface area contributed by atoms with Crippen LogP contribution in [0, 0.1) is 11.6 Å². The predicted octanol–water partition coefficient (Wildman–Crippen LogP) is 2.15. The van der Waals surface area contributed by atoms with Crippen LogP contribution < -0.4 is 5.73 Å². The molecule has 2 aromatic rings. The number of halogens is 2. The molecule has 2 rings (SSSR count). The SMILES string of the molecule is NC(=S)c1nccc2cc(F)cc(F)c12. The second-order valence-electron chi connectivity index (χ2n) is 3.01. The molecule has 0 fully saturated rings. The Labute approximate surface area is 89.7 Å². The molecular formula is C10H6F2N2S. The van der Waals surface area contributed by atoms with Crippen LogP contribution in [0.25, 0.3) is 10.8 Å². The summed E-state index contributed by atoms with van der Waals surface area (Å²) < 4.78 is 26.4. The number of nitrogens with two attached hydrogens (primary N) is 1. The molecule has 5 heteroatoms. The maximum absolute atomic E-state index is 13.5. The van der Waals surface area contributed by atoms with Crippen molar-refractivity contribution in [3.63, 3.8) is 0 Å². The van der Waals surface area contributed by atoms with Gasteiger partial charge in [0.25, 0.3) is 0 Å². The topological polar surface area (TPSA) is 38.9 Å². The van der Waals surface area contributed by atoms with E-state index in [-0.39, 0.29) is 16.1 Å². The highest BCUT2D eigenvalue weighted by atomic mass is 32.1. The third-order valence-electron chi connectivity index (χ3n) is 2.01. The van der Waals surface area contributed by atoms with Gasteiger partial charge < -0.3 is 5.73 Å². The van der Waals surface area contributed by atoms with Crippen molar-refractivity contribution >= 4 is 28.0 Å². The molecule has 1 aromatic heterocycles. The standard InChI is InChI=1S/C10H6F2N2S/c11-6-3-5-1-2-14-9(10(13)15)8(5)7(12)4-6/h1-4H,(H2,13,15). The van der Waals surface area contributed by atoms with Gasteiger partial charge in [0, 0.05) is 17.6 Å². The highest BCUT2D eigenvalue weighted by molar-refractivity contribution is 7.80. The van der Waals surface area contributed by atoms with Crippen molar-refractivity contribution in [3.8, 4) is 0 Å². The van der Waals surface area contributed by atoms with Crippen LogP contribution in [0.15, 0.2) is 24.4 Å². The molecule has 1 aromatic carbocycles. The number of hydrogen-bond acceptors (Lipinski definition) is 2. The van der Waals surface area contributed by atoms with Gasteiger partial charge in [-0.2, -0.15) is 0 Å². The molecule has 0 saturated heterocycles. The van der Waals surface area contributed by atoms with E-state index < -0.39 is 11.6 Å². The van der Waals surface area contributed by atoms with Crippen LogP contribution in [0.1, 0.15) is 5.69 Å². The molecule has 15 heavy (non-hydrogen) atoms. The van der Waals surface area contributed by atoms with Gasteiger partial charge in [-0.25, -0.2) is 8.78 Å². The van der Waals surface area contributed by atoms with Crippen molar-refractivity contribution < 1.29 is 8.78 Å². The Bertz CT molecular complexity index is 554. The first kappa shape index (κ1) is 9.92. The first-order chi connectivity index (χ1) is 7.09. The van der Waals surface area contributed by atoms with Crippen LogP contribution in [-0.4, -0.2) is 9.97 Å². The fourth-order valence-corrected chi connectivity index (χ4v) is 1.57.